The maximum Gasteiger partial charge on any atom is 0.196 e. The second-order valence-electron chi connectivity index (χ2n) is 9.58. The highest BCUT2D eigenvalue weighted by atomic mass is 35.5. The number of aliphatic hydroxyl groups excluding tert-OH is 3. The van der Waals surface area contributed by atoms with Crippen molar-refractivity contribution >= 4 is 23.2 Å². The van der Waals surface area contributed by atoms with E-state index in [1.165, 1.54) is 13.8 Å². The van der Waals surface area contributed by atoms with Crippen LogP contribution >= 0.6 is 11.6 Å². The first kappa shape index (κ1) is 22.0. The Kier molecular flexibility index (Phi) is 4.71. The Balaban J connectivity index is 1.89. The van der Waals surface area contributed by atoms with Gasteiger partial charge < -0.3 is 20.4 Å². The second-order valence-corrected chi connectivity index (χ2v) is 9.99. The van der Waals surface area contributed by atoms with Crippen LogP contribution in [0.15, 0.2) is 22.8 Å². The fraction of sp³-hybridized carbons (Fsp3) is 0.714. The number of allylic oxidation sites excluding steroid dienone is 4. The van der Waals surface area contributed by atoms with Gasteiger partial charge in [-0.25, -0.2) is 8.78 Å². The Morgan fingerprint density at radius 2 is 1.87 bits per heavy atom. The number of Topliss-reactive ketones (excluding diaryl/α,β-unsaturated/α-hetero) is 1. The minimum atomic E-state index is -2.44. The fourth-order valence-electron chi connectivity index (χ4n) is 6.90. The van der Waals surface area contributed by atoms with Gasteiger partial charge in [0.2, 0.25) is 0 Å². The largest absolute Gasteiger partial charge is 0.390 e. The van der Waals surface area contributed by atoms with Crippen molar-refractivity contribution in [1.82, 2.24) is 0 Å². The van der Waals surface area contributed by atoms with Gasteiger partial charge in [0, 0.05) is 16.7 Å². The van der Waals surface area contributed by atoms with Gasteiger partial charge in [0.05, 0.1) is 17.2 Å². The van der Waals surface area contributed by atoms with Gasteiger partial charge in [0.15, 0.2) is 22.8 Å². The quantitative estimate of drug-likeness (QED) is 0.505. The Labute approximate surface area is 177 Å². The third-order valence-corrected chi connectivity index (χ3v) is 8.77. The number of alkyl halides is 2. The van der Waals surface area contributed by atoms with Gasteiger partial charge in [-0.15, -0.1) is 0 Å². The predicted octanol–water partition coefficient (Wildman–Crippen LogP) is 1.13. The summed E-state index contributed by atoms with van der Waals surface area (Å²) in [5.41, 5.74) is -8.14. The van der Waals surface area contributed by atoms with Crippen molar-refractivity contribution in [2.45, 2.75) is 62.8 Å². The van der Waals surface area contributed by atoms with E-state index in [0.717, 1.165) is 12.2 Å². The summed E-state index contributed by atoms with van der Waals surface area (Å²) in [5.74, 6) is -3.69. The molecule has 6 nitrogen and oxygen atoms in total. The third kappa shape index (κ3) is 2.26. The van der Waals surface area contributed by atoms with Crippen molar-refractivity contribution in [2.24, 2.45) is 22.7 Å². The average molecular weight is 447 g/mol. The topological polar surface area (TPSA) is 115 Å². The first-order chi connectivity index (χ1) is 13.8. The molecule has 4 aliphatic carbocycles. The van der Waals surface area contributed by atoms with E-state index < -0.39 is 76.9 Å². The highest BCUT2D eigenvalue weighted by Gasteiger charge is 2.77. The molecule has 30 heavy (non-hydrogen) atoms. The number of fused-ring (bicyclic) bond motifs is 5. The van der Waals surface area contributed by atoms with Crippen molar-refractivity contribution in [3.63, 3.8) is 0 Å². The average Bonchev–Trinajstić information content (AvgIpc) is 2.87. The van der Waals surface area contributed by atoms with Crippen molar-refractivity contribution in [2.75, 3.05) is 6.61 Å². The molecule has 0 aromatic heterocycles. The standard InChI is InChI=1S/C21H25ClF2O6/c1-18-6-12(22)14(26)4-11(18)13(23)3-10-9-5-15(27)21(30,17(29)8-25)19(9,2)7-16(28)20(10,18)24/h4,6,9-10,13,15-16,25,27-28,30H,3,5,7-8H2,1-2H3/t9-,10-,13+,15+,16-,18-,19-,20-,21-/m0/s1. The summed E-state index contributed by atoms with van der Waals surface area (Å²) in [6, 6.07) is 0. The van der Waals surface area contributed by atoms with E-state index in [4.69, 9.17) is 11.6 Å². The highest BCUT2D eigenvalue weighted by Crippen LogP contribution is 2.70. The molecule has 0 spiro atoms. The number of hydrogen-bond donors (Lipinski definition) is 4. The molecule has 166 valence electrons. The third-order valence-electron chi connectivity index (χ3n) is 8.48. The zero-order valence-corrected chi connectivity index (χ0v) is 17.4. The maximum absolute atomic E-state index is 16.9. The predicted molar refractivity (Wildman–Crippen MR) is 102 cm³/mol. The lowest BCUT2D eigenvalue weighted by molar-refractivity contribution is -0.226. The molecule has 0 aromatic carbocycles. The molecule has 0 unspecified atom stereocenters. The Bertz CT molecular complexity index is 891. The molecule has 4 aliphatic rings. The molecule has 0 radical (unpaired) electrons. The molecule has 9 heteroatoms. The molecule has 0 aromatic rings. The van der Waals surface area contributed by atoms with Gasteiger partial charge in [0.25, 0.3) is 0 Å². The first-order valence-corrected chi connectivity index (χ1v) is 10.4. The Hall–Kier alpha value is -1.19. The van der Waals surface area contributed by atoms with Gasteiger partial charge in [-0.3, -0.25) is 9.59 Å². The minimum Gasteiger partial charge on any atom is -0.390 e. The summed E-state index contributed by atoms with van der Waals surface area (Å²) in [5, 5.41) is 41.8. The van der Waals surface area contributed by atoms with E-state index in [-0.39, 0.29) is 23.4 Å². The van der Waals surface area contributed by atoms with Gasteiger partial charge in [-0.2, -0.15) is 0 Å². The Morgan fingerprint density at radius 3 is 2.47 bits per heavy atom. The van der Waals surface area contributed by atoms with Gasteiger partial charge in [0.1, 0.15) is 12.8 Å². The van der Waals surface area contributed by atoms with Crippen molar-refractivity contribution in [3.8, 4) is 0 Å². The van der Waals surface area contributed by atoms with Gasteiger partial charge in [-0.1, -0.05) is 18.5 Å². The van der Waals surface area contributed by atoms with Crippen molar-refractivity contribution < 1.29 is 38.8 Å². The van der Waals surface area contributed by atoms with E-state index in [2.05, 4.69) is 0 Å². The van der Waals surface area contributed by atoms with Crippen molar-refractivity contribution in [3.05, 3.63) is 22.8 Å². The summed E-state index contributed by atoms with van der Waals surface area (Å²) >= 11 is 5.98. The van der Waals surface area contributed by atoms with Crippen molar-refractivity contribution in [1.29, 1.82) is 0 Å². The lowest BCUT2D eigenvalue weighted by atomic mass is 9.44. The van der Waals surface area contributed by atoms with E-state index in [1.807, 2.05) is 0 Å². The lowest BCUT2D eigenvalue weighted by Gasteiger charge is -2.62. The van der Waals surface area contributed by atoms with Gasteiger partial charge in [-0.05, 0) is 49.8 Å². The molecular formula is C21H25ClF2O6. The number of halogens is 3. The summed E-state index contributed by atoms with van der Waals surface area (Å²) in [7, 11) is 0. The number of aliphatic hydroxyl groups is 4. The maximum atomic E-state index is 16.9. The lowest BCUT2D eigenvalue weighted by Crippen LogP contribution is -2.71. The van der Waals surface area contributed by atoms with Crippen LogP contribution in [-0.2, 0) is 9.59 Å². The zero-order valence-electron chi connectivity index (χ0n) is 16.6. The van der Waals surface area contributed by atoms with Crippen LogP contribution in [0.3, 0.4) is 0 Å². The molecular weight excluding hydrogens is 422 g/mol. The molecule has 4 rings (SSSR count). The van der Waals surface area contributed by atoms with Crippen LogP contribution < -0.4 is 0 Å². The number of rotatable bonds is 2. The number of carbonyl (C=O) groups excluding carboxylic acids is 2. The normalized spacial score (nSPS) is 52.7. The smallest absolute Gasteiger partial charge is 0.196 e. The van der Waals surface area contributed by atoms with Crippen LogP contribution in [0.25, 0.3) is 0 Å². The molecule has 3 fully saturated rings. The summed E-state index contributed by atoms with van der Waals surface area (Å²) in [6.45, 7) is 1.81. The molecule has 0 amide bonds. The number of carbonyl (C=O) groups is 2. The van der Waals surface area contributed by atoms with E-state index in [9.17, 15) is 30.0 Å². The van der Waals surface area contributed by atoms with Crippen LogP contribution in [0.1, 0.15) is 33.1 Å². The minimum absolute atomic E-state index is 0.0986. The first-order valence-electron chi connectivity index (χ1n) is 9.99. The summed E-state index contributed by atoms with van der Waals surface area (Å²) in [4.78, 5) is 24.4. The summed E-state index contributed by atoms with van der Waals surface area (Å²) in [6.07, 6.45) is -3.90. The molecule has 0 heterocycles. The van der Waals surface area contributed by atoms with Crippen LogP contribution in [0.2, 0.25) is 0 Å². The molecule has 4 N–H and O–H groups in total. The number of ketones is 2. The van der Waals surface area contributed by atoms with E-state index in [1.54, 1.807) is 0 Å². The van der Waals surface area contributed by atoms with Crippen LogP contribution in [-0.4, -0.2) is 68.2 Å². The second kappa shape index (κ2) is 6.42. The SMILES string of the molecule is C[C@]12C=C(Cl)C(=O)C=C1[C@H](F)C[C@H]1[C@@H]3C[C@@H](O)[C@](O)(C(=O)CO)[C@@]3(C)C[C@H](O)[C@@]12F. The van der Waals surface area contributed by atoms with E-state index in [0.29, 0.717) is 0 Å². The molecule has 3 saturated carbocycles. The van der Waals surface area contributed by atoms with E-state index >= 15 is 8.78 Å². The molecule has 0 saturated heterocycles. The van der Waals surface area contributed by atoms with Crippen LogP contribution in [0, 0.1) is 22.7 Å². The number of hydrogen-bond acceptors (Lipinski definition) is 6. The highest BCUT2D eigenvalue weighted by molar-refractivity contribution is 6.44. The van der Waals surface area contributed by atoms with Crippen LogP contribution in [0.4, 0.5) is 8.78 Å². The molecule has 0 bridgehead atoms. The molecule has 0 aliphatic heterocycles. The van der Waals surface area contributed by atoms with Gasteiger partial charge >= 0.3 is 0 Å². The molecule has 9 atom stereocenters. The fourth-order valence-corrected chi connectivity index (χ4v) is 7.17. The van der Waals surface area contributed by atoms with Crippen LogP contribution in [0.5, 0.6) is 0 Å². The Morgan fingerprint density at radius 1 is 1.23 bits per heavy atom. The zero-order chi connectivity index (χ0) is 22.4. The monoisotopic (exact) mass is 446 g/mol. The summed E-state index contributed by atoms with van der Waals surface area (Å²) < 4.78 is 32.2.